The molecule has 4 nitrogen and oxygen atoms in total. The Balaban J connectivity index is 1.43. The lowest BCUT2D eigenvalue weighted by molar-refractivity contribution is -0.142. The highest BCUT2D eigenvalue weighted by Gasteiger charge is 2.31. The maximum atomic E-state index is 12.4. The van der Waals surface area contributed by atoms with E-state index in [9.17, 15) is 4.79 Å². The van der Waals surface area contributed by atoms with Gasteiger partial charge in [0.1, 0.15) is 6.10 Å². The van der Waals surface area contributed by atoms with Crippen molar-refractivity contribution in [2.24, 2.45) is 0 Å². The van der Waals surface area contributed by atoms with Crippen molar-refractivity contribution in [2.45, 2.75) is 37.7 Å². The van der Waals surface area contributed by atoms with Crippen LogP contribution in [0.4, 0.5) is 0 Å². The summed E-state index contributed by atoms with van der Waals surface area (Å²) < 4.78 is 6.70. The zero-order chi connectivity index (χ0) is 15.8. The van der Waals surface area contributed by atoms with E-state index in [1.165, 1.54) is 9.71 Å². The largest absolute Gasteiger partial charge is 0.368 e. The van der Waals surface area contributed by atoms with E-state index in [1.807, 2.05) is 23.1 Å². The molecule has 0 radical (unpaired) electrons. The van der Waals surface area contributed by atoms with Gasteiger partial charge in [-0.25, -0.2) is 4.98 Å². The predicted molar refractivity (Wildman–Crippen MR) is 92.2 cm³/mol. The Morgan fingerprint density at radius 1 is 1.30 bits per heavy atom. The maximum absolute atomic E-state index is 12.4. The Morgan fingerprint density at radius 2 is 2.13 bits per heavy atom. The predicted octanol–water partition coefficient (Wildman–Crippen LogP) is 3.83. The first-order valence-electron chi connectivity index (χ1n) is 8.17. The van der Waals surface area contributed by atoms with Gasteiger partial charge < -0.3 is 9.64 Å². The van der Waals surface area contributed by atoms with Crippen LogP contribution < -0.4 is 0 Å². The van der Waals surface area contributed by atoms with E-state index in [-0.39, 0.29) is 12.0 Å². The number of halogens is 1. The van der Waals surface area contributed by atoms with E-state index < -0.39 is 0 Å². The number of fused-ring (bicyclic) bond motifs is 1. The molecule has 2 saturated heterocycles. The van der Waals surface area contributed by atoms with Gasteiger partial charge in [0.15, 0.2) is 0 Å². The minimum Gasteiger partial charge on any atom is -0.368 e. The molecule has 1 unspecified atom stereocenters. The molecule has 0 N–H and O–H groups in total. The van der Waals surface area contributed by atoms with Gasteiger partial charge in [-0.05, 0) is 43.9 Å². The first-order chi connectivity index (χ1) is 11.2. The molecule has 1 aromatic carbocycles. The van der Waals surface area contributed by atoms with Crippen LogP contribution in [0, 0.1) is 0 Å². The zero-order valence-electron chi connectivity index (χ0n) is 12.8. The maximum Gasteiger partial charge on any atom is 0.251 e. The molecular formula is C17H19ClN2O2S. The molecule has 1 amide bonds. The number of likely N-dealkylation sites (tertiary alicyclic amines) is 1. The SMILES string of the molecule is O=C(C1CCCO1)N1CCC(c2nc3cc(Cl)ccc3s2)CC1. The second-order valence-corrected chi connectivity index (χ2v) is 7.76. The van der Waals surface area contributed by atoms with Crippen LogP contribution in [-0.2, 0) is 9.53 Å². The minimum absolute atomic E-state index is 0.178. The molecular weight excluding hydrogens is 332 g/mol. The van der Waals surface area contributed by atoms with Gasteiger partial charge in [0.05, 0.1) is 15.2 Å². The first kappa shape index (κ1) is 15.4. The molecule has 0 bridgehead atoms. The van der Waals surface area contributed by atoms with E-state index in [0.29, 0.717) is 5.92 Å². The fourth-order valence-electron chi connectivity index (χ4n) is 3.42. The smallest absolute Gasteiger partial charge is 0.251 e. The highest BCUT2D eigenvalue weighted by atomic mass is 35.5. The topological polar surface area (TPSA) is 42.4 Å². The Kier molecular flexibility index (Phi) is 4.26. The molecule has 4 rings (SSSR count). The number of piperidine rings is 1. The number of aromatic nitrogens is 1. The standard InChI is InChI=1S/C17H19ClN2O2S/c18-12-3-4-15-13(10-12)19-16(23-15)11-5-7-20(8-6-11)17(21)14-2-1-9-22-14/h3-4,10-11,14H,1-2,5-9H2. The molecule has 2 aromatic rings. The number of hydrogen-bond donors (Lipinski definition) is 0. The summed E-state index contributed by atoms with van der Waals surface area (Å²) in [4.78, 5) is 19.1. The van der Waals surface area contributed by atoms with E-state index >= 15 is 0 Å². The minimum atomic E-state index is -0.198. The number of carbonyl (C=O) groups excluding carboxylic acids is 1. The van der Waals surface area contributed by atoms with Crippen molar-refractivity contribution in [3.8, 4) is 0 Å². The normalized spacial score (nSPS) is 22.8. The molecule has 0 saturated carbocycles. The van der Waals surface area contributed by atoms with Crippen LogP contribution in [0.25, 0.3) is 10.2 Å². The zero-order valence-corrected chi connectivity index (χ0v) is 14.4. The number of rotatable bonds is 2. The van der Waals surface area contributed by atoms with Gasteiger partial charge in [0.2, 0.25) is 0 Å². The van der Waals surface area contributed by atoms with Gasteiger partial charge in [-0.15, -0.1) is 11.3 Å². The van der Waals surface area contributed by atoms with Gasteiger partial charge in [-0.2, -0.15) is 0 Å². The van der Waals surface area contributed by atoms with Crippen molar-refractivity contribution in [3.05, 3.63) is 28.2 Å². The van der Waals surface area contributed by atoms with Crippen LogP contribution in [0.1, 0.15) is 36.6 Å². The lowest BCUT2D eigenvalue weighted by Crippen LogP contribution is -2.43. The number of carbonyl (C=O) groups is 1. The van der Waals surface area contributed by atoms with Crippen LogP contribution >= 0.6 is 22.9 Å². The van der Waals surface area contributed by atoms with Gasteiger partial charge in [0.25, 0.3) is 5.91 Å². The number of hydrogen-bond acceptors (Lipinski definition) is 4. The summed E-state index contributed by atoms with van der Waals surface area (Å²) in [7, 11) is 0. The number of thiazole rings is 1. The summed E-state index contributed by atoms with van der Waals surface area (Å²) in [5, 5.41) is 1.90. The molecule has 2 aliphatic heterocycles. The van der Waals surface area contributed by atoms with Crippen LogP contribution in [0.5, 0.6) is 0 Å². The fourth-order valence-corrected chi connectivity index (χ4v) is 4.70. The Labute approximate surface area is 144 Å². The molecule has 0 aliphatic carbocycles. The molecule has 1 aromatic heterocycles. The van der Waals surface area contributed by atoms with Crippen LogP contribution in [-0.4, -0.2) is 41.6 Å². The average Bonchev–Trinajstić information content (AvgIpc) is 3.23. The van der Waals surface area contributed by atoms with Gasteiger partial charge >= 0.3 is 0 Å². The monoisotopic (exact) mass is 350 g/mol. The molecule has 0 spiro atoms. The van der Waals surface area contributed by atoms with Crippen LogP contribution in [0.15, 0.2) is 18.2 Å². The van der Waals surface area contributed by atoms with Crippen LogP contribution in [0.2, 0.25) is 5.02 Å². The van der Waals surface area contributed by atoms with E-state index in [4.69, 9.17) is 21.3 Å². The first-order valence-corrected chi connectivity index (χ1v) is 9.36. The van der Waals surface area contributed by atoms with Crippen molar-refractivity contribution in [1.29, 1.82) is 0 Å². The summed E-state index contributed by atoms with van der Waals surface area (Å²) in [6.07, 6.45) is 3.63. The number of nitrogens with zero attached hydrogens (tertiary/aromatic N) is 2. The van der Waals surface area contributed by atoms with Gasteiger partial charge in [-0.3, -0.25) is 4.79 Å². The number of benzene rings is 1. The molecule has 2 fully saturated rings. The third kappa shape index (κ3) is 3.10. The van der Waals surface area contributed by atoms with Crippen molar-refractivity contribution in [2.75, 3.05) is 19.7 Å². The summed E-state index contributed by atoms with van der Waals surface area (Å²) in [6, 6.07) is 5.87. The van der Waals surface area contributed by atoms with Crippen LogP contribution in [0.3, 0.4) is 0 Å². The summed E-state index contributed by atoms with van der Waals surface area (Å²) in [5.41, 5.74) is 0.982. The Morgan fingerprint density at radius 3 is 2.87 bits per heavy atom. The third-order valence-corrected chi connectivity index (χ3v) is 6.16. The average molecular weight is 351 g/mol. The van der Waals surface area contributed by atoms with Gasteiger partial charge in [0, 0.05) is 30.6 Å². The van der Waals surface area contributed by atoms with Crippen molar-refractivity contribution in [1.82, 2.24) is 9.88 Å². The lowest BCUT2D eigenvalue weighted by Gasteiger charge is -2.32. The summed E-state index contributed by atoms with van der Waals surface area (Å²) in [5.74, 6) is 0.622. The molecule has 6 heteroatoms. The Hall–Kier alpha value is -1.17. The lowest BCUT2D eigenvalue weighted by atomic mass is 9.97. The van der Waals surface area contributed by atoms with E-state index in [1.54, 1.807) is 11.3 Å². The quantitative estimate of drug-likeness (QED) is 0.826. The second-order valence-electron chi connectivity index (χ2n) is 6.27. The summed E-state index contributed by atoms with van der Waals surface area (Å²) >= 11 is 7.79. The van der Waals surface area contributed by atoms with E-state index in [2.05, 4.69) is 0 Å². The highest BCUT2D eigenvalue weighted by molar-refractivity contribution is 7.18. The third-order valence-electron chi connectivity index (χ3n) is 4.73. The van der Waals surface area contributed by atoms with E-state index in [0.717, 1.165) is 55.9 Å². The molecule has 1 atom stereocenters. The van der Waals surface area contributed by atoms with Gasteiger partial charge in [-0.1, -0.05) is 11.6 Å². The van der Waals surface area contributed by atoms with Crippen molar-refractivity contribution < 1.29 is 9.53 Å². The number of ether oxygens (including phenoxy) is 1. The molecule has 23 heavy (non-hydrogen) atoms. The van der Waals surface area contributed by atoms with Crippen molar-refractivity contribution >= 4 is 39.1 Å². The fraction of sp³-hybridized carbons (Fsp3) is 0.529. The number of amides is 1. The highest BCUT2D eigenvalue weighted by Crippen LogP contribution is 2.35. The molecule has 3 heterocycles. The summed E-state index contributed by atoms with van der Waals surface area (Å²) in [6.45, 7) is 2.33. The Bertz CT molecular complexity index is 718. The molecule has 2 aliphatic rings. The van der Waals surface area contributed by atoms with Crippen molar-refractivity contribution in [3.63, 3.8) is 0 Å². The molecule has 122 valence electrons. The second kappa shape index (κ2) is 6.38.